The number of halogens is 3. The second-order valence-electron chi connectivity index (χ2n) is 5.78. The van der Waals surface area contributed by atoms with Crippen molar-refractivity contribution in [3.05, 3.63) is 17.6 Å². The number of anilines is 1. The van der Waals surface area contributed by atoms with Gasteiger partial charge in [0.15, 0.2) is 11.1 Å². The minimum atomic E-state index is -4.65. The summed E-state index contributed by atoms with van der Waals surface area (Å²) in [6.45, 7) is 3.47. The zero-order chi connectivity index (χ0) is 16.7. The Morgan fingerprint density at radius 2 is 2.14 bits per heavy atom. The number of aromatic nitrogens is 2. The van der Waals surface area contributed by atoms with Gasteiger partial charge in [-0.2, -0.15) is 13.2 Å². The molecule has 10 heteroatoms. The molecule has 1 fully saturated rings. The summed E-state index contributed by atoms with van der Waals surface area (Å²) in [5.41, 5.74) is -1.63. The molecule has 1 aliphatic carbocycles. The molecule has 0 aliphatic heterocycles. The molecular weight excluding hydrogens is 323 g/mol. The molecule has 6 nitrogen and oxygen atoms in total. The van der Waals surface area contributed by atoms with Gasteiger partial charge in [-0.25, -0.2) is 14.2 Å². The molecule has 22 heavy (non-hydrogen) atoms. The lowest BCUT2D eigenvalue weighted by molar-refractivity contribution is -0.137. The summed E-state index contributed by atoms with van der Waals surface area (Å²) in [6.07, 6.45) is -4.36. The fourth-order valence-corrected chi connectivity index (χ4v) is 2.59. The van der Waals surface area contributed by atoms with E-state index >= 15 is 0 Å². The number of alkyl halides is 3. The van der Waals surface area contributed by atoms with Gasteiger partial charge in [-0.05, 0) is 6.42 Å². The molecule has 0 spiro atoms. The Morgan fingerprint density at radius 3 is 2.59 bits per heavy atom. The van der Waals surface area contributed by atoms with Gasteiger partial charge in [-0.1, -0.05) is 13.8 Å². The van der Waals surface area contributed by atoms with E-state index in [9.17, 15) is 22.5 Å². The van der Waals surface area contributed by atoms with E-state index in [1.165, 1.54) is 0 Å². The van der Waals surface area contributed by atoms with E-state index in [-0.39, 0.29) is 11.9 Å². The molecule has 0 bridgehead atoms. The molecule has 1 heterocycles. The maximum Gasteiger partial charge on any atom is 0.421 e. The Morgan fingerprint density at radius 1 is 1.50 bits per heavy atom. The zero-order valence-electron chi connectivity index (χ0n) is 11.9. The van der Waals surface area contributed by atoms with Crippen LogP contribution in [-0.4, -0.2) is 36.0 Å². The van der Waals surface area contributed by atoms with Crippen LogP contribution in [-0.2, 0) is 23.0 Å². The average molecular weight is 339 g/mol. The molecule has 0 amide bonds. The smallest absolute Gasteiger partial charge is 0.392 e. The zero-order valence-corrected chi connectivity index (χ0v) is 12.7. The lowest BCUT2D eigenvalue weighted by atomic mass is 9.64. The topological polar surface area (TPSA) is 95.3 Å². The lowest BCUT2D eigenvalue weighted by Gasteiger charge is -2.49. The number of aliphatic hydroxyl groups is 1. The van der Waals surface area contributed by atoms with Gasteiger partial charge in [0.2, 0.25) is 0 Å². The Hall–Kier alpha value is -1.26. The number of aliphatic hydroxyl groups excluding tert-OH is 1. The molecule has 0 aromatic carbocycles. The highest BCUT2D eigenvalue weighted by Crippen LogP contribution is 2.43. The number of nitrogens with zero attached hydrogens (tertiary/aromatic N) is 2. The summed E-state index contributed by atoms with van der Waals surface area (Å²) in [5, 5.41) is 12.3. The van der Waals surface area contributed by atoms with Crippen LogP contribution in [0.5, 0.6) is 0 Å². The van der Waals surface area contributed by atoms with Crippen molar-refractivity contribution in [2.24, 2.45) is 5.41 Å². The summed E-state index contributed by atoms with van der Waals surface area (Å²) in [6, 6.07) is -0.383. The first-order chi connectivity index (χ1) is 10.0. The van der Waals surface area contributed by atoms with Crippen molar-refractivity contribution in [2.45, 2.75) is 44.3 Å². The fraction of sp³-hybridized carbons (Fsp3) is 0.667. The maximum absolute atomic E-state index is 13.0. The lowest BCUT2D eigenvalue weighted by Crippen LogP contribution is -2.57. The van der Waals surface area contributed by atoms with E-state index in [1.807, 2.05) is 0 Å². The first-order valence-electron chi connectivity index (χ1n) is 6.47. The summed E-state index contributed by atoms with van der Waals surface area (Å²) >= 11 is -2.25. The average Bonchev–Trinajstić information content (AvgIpc) is 2.36. The van der Waals surface area contributed by atoms with Gasteiger partial charge in [-0.3, -0.25) is 0 Å². The van der Waals surface area contributed by atoms with E-state index in [0.717, 1.165) is 0 Å². The first kappa shape index (κ1) is 17.1. The quantitative estimate of drug-likeness (QED) is 0.724. The largest absolute Gasteiger partial charge is 0.421 e. The normalized spacial score (nSPS) is 25.4. The summed E-state index contributed by atoms with van der Waals surface area (Å²) in [4.78, 5) is 7.19. The van der Waals surface area contributed by atoms with Crippen molar-refractivity contribution in [1.82, 2.24) is 9.97 Å². The van der Waals surface area contributed by atoms with E-state index in [2.05, 4.69) is 15.3 Å². The van der Waals surface area contributed by atoms with Crippen LogP contribution in [0.15, 0.2) is 6.20 Å². The van der Waals surface area contributed by atoms with Crippen LogP contribution < -0.4 is 5.32 Å². The third kappa shape index (κ3) is 3.39. The van der Waals surface area contributed by atoms with Crippen molar-refractivity contribution < 1.29 is 27.0 Å². The SMILES string of the molecule is CC1(C)C(O)CC1Nc1nc(CS(=O)O)ncc1C(F)(F)F. The van der Waals surface area contributed by atoms with Gasteiger partial charge >= 0.3 is 6.18 Å². The summed E-state index contributed by atoms with van der Waals surface area (Å²) in [7, 11) is 0. The molecule has 1 saturated carbocycles. The van der Waals surface area contributed by atoms with E-state index < -0.39 is 45.9 Å². The molecule has 0 radical (unpaired) electrons. The monoisotopic (exact) mass is 339 g/mol. The second kappa shape index (κ2) is 5.74. The van der Waals surface area contributed by atoms with Crippen molar-refractivity contribution in [3.63, 3.8) is 0 Å². The minimum Gasteiger partial charge on any atom is -0.392 e. The van der Waals surface area contributed by atoms with Gasteiger partial charge in [0, 0.05) is 17.7 Å². The predicted octanol–water partition coefficient (Wildman–Crippen LogP) is 1.79. The predicted molar refractivity (Wildman–Crippen MR) is 73.3 cm³/mol. The van der Waals surface area contributed by atoms with Crippen LogP contribution in [0.25, 0.3) is 0 Å². The Kier molecular flexibility index (Phi) is 4.46. The van der Waals surface area contributed by atoms with Gasteiger partial charge < -0.3 is 15.0 Å². The van der Waals surface area contributed by atoms with Crippen LogP contribution >= 0.6 is 0 Å². The third-order valence-electron chi connectivity index (χ3n) is 3.92. The molecule has 3 unspecified atom stereocenters. The number of nitrogens with one attached hydrogen (secondary N) is 1. The molecule has 3 atom stereocenters. The van der Waals surface area contributed by atoms with Crippen LogP contribution in [0.4, 0.5) is 19.0 Å². The first-order valence-corrected chi connectivity index (χ1v) is 7.74. The molecule has 124 valence electrons. The maximum atomic E-state index is 13.0. The highest BCUT2D eigenvalue weighted by Gasteiger charge is 2.48. The molecule has 1 aromatic rings. The highest BCUT2D eigenvalue weighted by molar-refractivity contribution is 7.78. The van der Waals surface area contributed by atoms with Crippen molar-refractivity contribution in [3.8, 4) is 0 Å². The Balaban J connectivity index is 2.32. The van der Waals surface area contributed by atoms with Crippen LogP contribution in [0, 0.1) is 5.41 Å². The number of hydrogen-bond donors (Lipinski definition) is 3. The van der Waals surface area contributed by atoms with Crippen LogP contribution in [0.1, 0.15) is 31.7 Å². The van der Waals surface area contributed by atoms with E-state index in [4.69, 9.17) is 4.55 Å². The number of hydrogen-bond acceptors (Lipinski definition) is 5. The minimum absolute atomic E-state index is 0.158. The second-order valence-corrected chi connectivity index (χ2v) is 6.71. The van der Waals surface area contributed by atoms with Gasteiger partial charge in [0.05, 0.1) is 6.10 Å². The fourth-order valence-electron chi connectivity index (χ4n) is 2.23. The van der Waals surface area contributed by atoms with Gasteiger partial charge in [0.1, 0.15) is 23.0 Å². The molecule has 1 aromatic heterocycles. The van der Waals surface area contributed by atoms with Crippen LogP contribution in [0.3, 0.4) is 0 Å². The molecular formula is C12H16F3N3O3S. The third-order valence-corrected chi connectivity index (χ3v) is 4.43. The van der Waals surface area contributed by atoms with E-state index in [1.54, 1.807) is 13.8 Å². The molecule has 0 saturated heterocycles. The molecule has 3 N–H and O–H groups in total. The van der Waals surface area contributed by atoms with E-state index in [0.29, 0.717) is 12.6 Å². The highest BCUT2D eigenvalue weighted by atomic mass is 32.2. The number of rotatable bonds is 4. The summed E-state index contributed by atoms with van der Waals surface area (Å²) < 4.78 is 58.6. The Labute approximate surface area is 127 Å². The molecule has 1 aliphatic rings. The van der Waals surface area contributed by atoms with Gasteiger partial charge in [0.25, 0.3) is 0 Å². The molecule has 2 rings (SSSR count). The van der Waals surface area contributed by atoms with Gasteiger partial charge in [-0.15, -0.1) is 0 Å². The Bertz CT molecular complexity index is 595. The van der Waals surface area contributed by atoms with Crippen LogP contribution in [0.2, 0.25) is 0 Å². The summed E-state index contributed by atoms with van der Waals surface area (Å²) in [5.74, 6) is -1.05. The standard InChI is InChI=1S/C12H16F3N3O3S/c1-11(2)7(3-8(11)19)17-10-6(12(13,14)15)4-16-9(18-10)5-22(20)21/h4,7-8,19H,3,5H2,1-2H3,(H,20,21)(H,16,17,18). The van der Waals surface area contributed by atoms with Crippen molar-refractivity contribution in [2.75, 3.05) is 5.32 Å². The van der Waals surface area contributed by atoms with Crippen molar-refractivity contribution >= 4 is 16.9 Å². The van der Waals surface area contributed by atoms with Crippen molar-refractivity contribution in [1.29, 1.82) is 0 Å².